The molecule has 1 heterocycles. The molecule has 1 aromatic carbocycles. The molecule has 0 aliphatic heterocycles. The van der Waals surface area contributed by atoms with Crippen molar-refractivity contribution in [2.45, 2.75) is 26.4 Å². The fourth-order valence-electron chi connectivity index (χ4n) is 2.21. The quantitative estimate of drug-likeness (QED) is 0.292. The molecule has 2 aromatic rings. The van der Waals surface area contributed by atoms with E-state index in [1.54, 1.807) is 7.11 Å². The van der Waals surface area contributed by atoms with Gasteiger partial charge in [0.05, 0.1) is 27.8 Å². The number of hydrogen-bond acceptors (Lipinski definition) is 8. The van der Waals surface area contributed by atoms with E-state index in [1.165, 1.54) is 29.5 Å². The fourth-order valence-corrected chi connectivity index (χ4v) is 3.10. The number of anilines is 1. The Morgan fingerprint density at radius 2 is 2.23 bits per heavy atom. The third kappa shape index (κ3) is 5.50. The van der Waals surface area contributed by atoms with Crippen LogP contribution in [0.3, 0.4) is 0 Å². The van der Waals surface area contributed by atoms with Gasteiger partial charge in [-0.15, -0.1) is 11.3 Å². The van der Waals surface area contributed by atoms with Gasteiger partial charge in [-0.3, -0.25) is 10.1 Å². The Morgan fingerprint density at radius 3 is 2.92 bits per heavy atom. The Bertz CT molecular complexity index is 763. The van der Waals surface area contributed by atoms with Crippen LogP contribution in [0.1, 0.15) is 34.4 Å². The first-order valence-corrected chi connectivity index (χ1v) is 9.04. The lowest BCUT2D eigenvalue weighted by Crippen LogP contribution is -2.11. The van der Waals surface area contributed by atoms with Gasteiger partial charge in [0, 0.05) is 25.1 Å². The fraction of sp³-hybridized carbons (Fsp3) is 0.412. The monoisotopic (exact) mass is 379 g/mol. The summed E-state index contributed by atoms with van der Waals surface area (Å²) in [6.45, 7) is 2.95. The summed E-state index contributed by atoms with van der Waals surface area (Å²) in [5.41, 5.74) is 0.943. The van der Waals surface area contributed by atoms with Gasteiger partial charge in [-0.1, -0.05) is 6.92 Å². The van der Waals surface area contributed by atoms with E-state index in [4.69, 9.17) is 9.47 Å². The van der Waals surface area contributed by atoms with E-state index in [9.17, 15) is 14.9 Å². The molecule has 0 saturated heterocycles. The number of rotatable bonds is 10. The van der Waals surface area contributed by atoms with E-state index in [0.717, 1.165) is 17.8 Å². The Hall–Kier alpha value is -2.52. The first kappa shape index (κ1) is 19.8. The molecule has 26 heavy (non-hydrogen) atoms. The highest BCUT2D eigenvalue weighted by Gasteiger charge is 2.18. The number of nitro benzene ring substituents is 1. The molecule has 0 fully saturated rings. The summed E-state index contributed by atoms with van der Waals surface area (Å²) in [6.07, 6.45) is 1.89. The summed E-state index contributed by atoms with van der Waals surface area (Å²) in [6, 6.07) is 4.20. The number of nitrogens with one attached hydrogen (secondary N) is 1. The number of ether oxygens (including phenoxy) is 2. The summed E-state index contributed by atoms with van der Waals surface area (Å²) >= 11 is 1.53. The largest absolute Gasteiger partial charge is 0.456 e. The third-order valence-corrected chi connectivity index (χ3v) is 4.42. The number of aryl methyl sites for hydroxylation is 1. The number of nitrogens with zero attached hydrogens (tertiary/aromatic N) is 2. The molecule has 0 atom stereocenters. The molecule has 0 radical (unpaired) electrons. The maximum Gasteiger partial charge on any atom is 0.338 e. The van der Waals surface area contributed by atoms with Crippen molar-refractivity contribution in [3.8, 4) is 0 Å². The number of esters is 1. The van der Waals surface area contributed by atoms with Gasteiger partial charge in [-0.2, -0.15) is 0 Å². The van der Waals surface area contributed by atoms with Crippen molar-refractivity contribution in [3.63, 3.8) is 0 Å². The number of benzene rings is 1. The highest BCUT2D eigenvalue weighted by molar-refractivity contribution is 7.09. The highest BCUT2D eigenvalue weighted by Crippen LogP contribution is 2.26. The van der Waals surface area contributed by atoms with E-state index >= 15 is 0 Å². The minimum Gasteiger partial charge on any atom is -0.456 e. The summed E-state index contributed by atoms with van der Waals surface area (Å²) in [5, 5.41) is 17.0. The molecule has 140 valence electrons. The minimum atomic E-state index is -0.624. The number of carbonyl (C=O) groups is 1. The molecular formula is C17H21N3O5S. The average molecular weight is 379 g/mol. The standard InChI is InChI=1S/C17H21N3O5S/c1-3-4-16-19-13(11-26-16)10-25-17(21)12-5-6-14(18-7-8-24-2)15(9-12)20(22)23/h5-6,9,11,18H,3-4,7-8,10H2,1-2H3. The predicted molar refractivity (Wildman–Crippen MR) is 98.7 cm³/mol. The summed E-state index contributed by atoms with van der Waals surface area (Å²) in [4.78, 5) is 27.3. The SMILES string of the molecule is CCCc1nc(COC(=O)c2ccc(NCCOC)c([N+](=O)[O-])c2)cs1. The first-order chi connectivity index (χ1) is 12.5. The van der Waals surface area contributed by atoms with Gasteiger partial charge < -0.3 is 14.8 Å². The van der Waals surface area contributed by atoms with Crippen LogP contribution in [0, 0.1) is 10.1 Å². The Morgan fingerprint density at radius 1 is 1.42 bits per heavy atom. The second kappa shape index (κ2) is 9.83. The maximum absolute atomic E-state index is 12.2. The average Bonchev–Trinajstić information content (AvgIpc) is 3.08. The van der Waals surface area contributed by atoms with E-state index in [-0.39, 0.29) is 17.9 Å². The third-order valence-electron chi connectivity index (χ3n) is 3.47. The summed E-state index contributed by atoms with van der Waals surface area (Å²) < 4.78 is 10.1. The normalized spacial score (nSPS) is 10.5. The van der Waals surface area contributed by atoms with Gasteiger partial charge in [0.2, 0.25) is 0 Å². The number of aromatic nitrogens is 1. The molecular weight excluding hydrogens is 358 g/mol. The van der Waals surface area contributed by atoms with Crippen molar-refractivity contribution in [2.24, 2.45) is 0 Å². The Kier molecular flexibility index (Phi) is 7.49. The molecule has 0 aliphatic carbocycles. The Labute approximate surface area is 155 Å². The lowest BCUT2D eigenvalue weighted by molar-refractivity contribution is -0.384. The number of thiazole rings is 1. The van der Waals surface area contributed by atoms with Gasteiger partial charge in [0.15, 0.2) is 0 Å². The van der Waals surface area contributed by atoms with Crippen molar-refractivity contribution in [1.29, 1.82) is 0 Å². The van der Waals surface area contributed by atoms with Crippen LogP contribution in [-0.4, -0.2) is 36.1 Å². The molecule has 0 amide bonds. The van der Waals surface area contributed by atoms with Crippen molar-refractivity contribution >= 4 is 28.7 Å². The summed E-state index contributed by atoms with van der Waals surface area (Å²) in [7, 11) is 1.54. The first-order valence-electron chi connectivity index (χ1n) is 8.16. The predicted octanol–water partition coefficient (Wildman–Crippen LogP) is 3.42. The van der Waals surface area contributed by atoms with Crippen LogP contribution in [0.15, 0.2) is 23.6 Å². The van der Waals surface area contributed by atoms with Crippen LogP contribution >= 0.6 is 11.3 Å². The van der Waals surface area contributed by atoms with Crippen molar-refractivity contribution in [1.82, 2.24) is 4.98 Å². The topological polar surface area (TPSA) is 104 Å². The minimum absolute atomic E-state index is 0.0423. The number of carbonyl (C=O) groups excluding carboxylic acids is 1. The molecule has 0 unspecified atom stereocenters. The number of nitro groups is 1. The van der Waals surface area contributed by atoms with Gasteiger partial charge in [0.1, 0.15) is 12.3 Å². The van der Waals surface area contributed by atoms with Gasteiger partial charge in [-0.05, 0) is 25.0 Å². The number of hydrogen-bond donors (Lipinski definition) is 1. The van der Waals surface area contributed by atoms with Crippen molar-refractivity contribution < 1.29 is 19.2 Å². The molecule has 0 aliphatic rings. The molecule has 1 N–H and O–H groups in total. The lowest BCUT2D eigenvalue weighted by atomic mass is 10.1. The zero-order valence-electron chi connectivity index (χ0n) is 14.7. The van der Waals surface area contributed by atoms with E-state index in [1.807, 2.05) is 5.38 Å². The van der Waals surface area contributed by atoms with Gasteiger partial charge in [-0.25, -0.2) is 9.78 Å². The van der Waals surface area contributed by atoms with Crippen LogP contribution < -0.4 is 5.32 Å². The van der Waals surface area contributed by atoms with Crippen LogP contribution in [0.5, 0.6) is 0 Å². The van der Waals surface area contributed by atoms with Crippen LogP contribution in [0.4, 0.5) is 11.4 Å². The molecule has 9 heteroatoms. The number of methoxy groups -OCH3 is 1. The molecule has 8 nitrogen and oxygen atoms in total. The Balaban J connectivity index is 2.03. The zero-order valence-corrected chi connectivity index (χ0v) is 15.5. The van der Waals surface area contributed by atoms with E-state index in [0.29, 0.717) is 24.5 Å². The van der Waals surface area contributed by atoms with Crippen molar-refractivity contribution in [2.75, 3.05) is 25.6 Å². The van der Waals surface area contributed by atoms with Gasteiger partial charge in [0.25, 0.3) is 5.69 Å². The van der Waals surface area contributed by atoms with Crippen LogP contribution in [-0.2, 0) is 22.5 Å². The van der Waals surface area contributed by atoms with Crippen molar-refractivity contribution in [3.05, 3.63) is 50.0 Å². The van der Waals surface area contributed by atoms with Gasteiger partial charge >= 0.3 is 5.97 Å². The molecule has 0 saturated carbocycles. The molecule has 0 bridgehead atoms. The second-order valence-corrected chi connectivity index (χ2v) is 6.41. The highest BCUT2D eigenvalue weighted by atomic mass is 32.1. The lowest BCUT2D eigenvalue weighted by Gasteiger charge is -2.08. The molecule has 2 rings (SSSR count). The molecule has 1 aromatic heterocycles. The smallest absolute Gasteiger partial charge is 0.338 e. The van der Waals surface area contributed by atoms with E-state index < -0.39 is 10.9 Å². The van der Waals surface area contributed by atoms with E-state index in [2.05, 4.69) is 17.2 Å². The maximum atomic E-state index is 12.2. The van der Waals surface area contributed by atoms with Crippen LogP contribution in [0.25, 0.3) is 0 Å². The second-order valence-electron chi connectivity index (χ2n) is 5.47. The molecule has 0 spiro atoms. The van der Waals surface area contributed by atoms with Crippen LogP contribution in [0.2, 0.25) is 0 Å². The zero-order chi connectivity index (χ0) is 18.9. The summed E-state index contributed by atoms with van der Waals surface area (Å²) in [5.74, 6) is -0.624.